The van der Waals surface area contributed by atoms with E-state index in [1.807, 2.05) is 4.90 Å². The van der Waals surface area contributed by atoms with Crippen LogP contribution < -0.4 is 4.90 Å². The van der Waals surface area contributed by atoms with E-state index < -0.39 is 12.0 Å². The largest absolute Gasteiger partial charge is 0.451 e. The molecule has 25 heavy (non-hydrogen) atoms. The summed E-state index contributed by atoms with van der Waals surface area (Å²) in [5, 5.41) is 0.609. The standard InChI is InChI=1S/C17H17F3N4O/c1-10(25)23-8-11-6-7-24(14(11)9-23)15-12-4-2-3-5-13(12)21-16(22-15)17(18,19)20/h2-5,11,14H,6-9H2,1H3. The van der Waals surface area contributed by atoms with E-state index >= 15 is 0 Å². The molecule has 2 aliphatic heterocycles. The molecule has 2 aromatic rings. The van der Waals surface area contributed by atoms with Crippen molar-refractivity contribution in [3.05, 3.63) is 30.1 Å². The highest BCUT2D eigenvalue weighted by Gasteiger charge is 2.44. The smallest absolute Gasteiger partial charge is 0.351 e. The lowest BCUT2D eigenvalue weighted by atomic mass is 10.1. The van der Waals surface area contributed by atoms with E-state index in [0.29, 0.717) is 30.8 Å². The van der Waals surface area contributed by atoms with Gasteiger partial charge in [-0.3, -0.25) is 4.79 Å². The van der Waals surface area contributed by atoms with Crippen molar-refractivity contribution in [3.8, 4) is 0 Å². The lowest BCUT2D eigenvalue weighted by Gasteiger charge is -2.27. The third-order valence-corrected chi connectivity index (χ3v) is 5.10. The van der Waals surface area contributed by atoms with E-state index in [0.717, 1.165) is 6.42 Å². The summed E-state index contributed by atoms with van der Waals surface area (Å²) in [4.78, 5) is 22.9. The summed E-state index contributed by atoms with van der Waals surface area (Å²) in [7, 11) is 0. The van der Waals surface area contributed by atoms with Crippen LogP contribution in [0.4, 0.5) is 19.0 Å². The number of benzene rings is 1. The fourth-order valence-electron chi connectivity index (χ4n) is 3.89. The van der Waals surface area contributed by atoms with Crippen LogP contribution in [0.2, 0.25) is 0 Å². The van der Waals surface area contributed by atoms with Gasteiger partial charge >= 0.3 is 6.18 Å². The summed E-state index contributed by atoms with van der Waals surface area (Å²) in [5.41, 5.74) is 0.282. The number of carbonyl (C=O) groups is 1. The highest BCUT2D eigenvalue weighted by molar-refractivity contribution is 5.90. The minimum absolute atomic E-state index is 0.00197. The maximum atomic E-state index is 13.2. The second kappa shape index (κ2) is 5.57. The Balaban J connectivity index is 1.79. The van der Waals surface area contributed by atoms with Crippen LogP contribution >= 0.6 is 0 Å². The molecule has 2 fully saturated rings. The zero-order valence-corrected chi connectivity index (χ0v) is 13.6. The van der Waals surface area contributed by atoms with E-state index in [4.69, 9.17) is 0 Å². The molecule has 4 rings (SSSR count). The molecule has 0 aliphatic carbocycles. The number of hydrogen-bond donors (Lipinski definition) is 0. The van der Waals surface area contributed by atoms with E-state index in [2.05, 4.69) is 9.97 Å². The molecule has 0 bridgehead atoms. The number of alkyl halides is 3. The Morgan fingerprint density at radius 3 is 2.68 bits per heavy atom. The highest BCUT2D eigenvalue weighted by atomic mass is 19.4. The van der Waals surface area contributed by atoms with Crippen LogP contribution in [0.15, 0.2) is 24.3 Å². The van der Waals surface area contributed by atoms with Gasteiger partial charge in [-0.15, -0.1) is 0 Å². The molecular formula is C17H17F3N4O. The molecule has 132 valence electrons. The van der Waals surface area contributed by atoms with Gasteiger partial charge in [-0.25, -0.2) is 9.97 Å². The third kappa shape index (κ3) is 2.69. The molecule has 1 amide bonds. The van der Waals surface area contributed by atoms with Gasteiger partial charge in [-0.05, 0) is 18.6 Å². The predicted molar refractivity (Wildman–Crippen MR) is 86.0 cm³/mol. The number of aromatic nitrogens is 2. The maximum Gasteiger partial charge on any atom is 0.451 e. The number of likely N-dealkylation sites (tertiary alicyclic amines) is 1. The zero-order valence-electron chi connectivity index (χ0n) is 13.6. The van der Waals surface area contributed by atoms with Gasteiger partial charge in [0.05, 0.1) is 11.6 Å². The number of hydrogen-bond acceptors (Lipinski definition) is 4. The van der Waals surface area contributed by atoms with Gasteiger partial charge in [-0.2, -0.15) is 13.2 Å². The third-order valence-electron chi connectivity index (χ3n) is 5.10. The maximum absolute atomic E-state index is 13.2. The molecule has 5 nitrogen and oxygen atoms in total. The molecular weight excluding hydrogens is 333 g/mol. The molecule has 0 spiro atoms. The van der Waals surface area contributed by atoms with E-state index in [1.165, 1.54) is 6.92 Å². The Morgan fingerprint density at radius 1 is 1.20 bits per heavy atom. The second-order valence-corrected chi connectivity index (χ2v) is 6.62. The Hall–Kier alpha value is -2.38. The van der Waals surface area contributed by atoms with E-state index in [-0.39, 0.29) is 23.4 Å². The average molecular weight is 350 g/mol. The van der Waals surface area contributed by atoms with Crippen LogP contribution in [0.3, 0.4) is 0 Å². The average Bonchev–Trinajstić information content (AvgIpc) is 3.13. The number of para-hydroxylation sites is 1. The van der Waals surface area contributed by atoms with Crippen molar-refractivity contribution in [1.29, 1.82) is 0 Å². The van der Waals surface area contributed by atoms with Crippen LogP contribution in [-0.4, -0.2) is 46.5 Å². The molecule has 8 heteroatoms. The molecule has 2 unspecified atom stereocenters. The van der Waals surface area contributed by atoms with Crippen molar-refractivity contribution in [2.45, 2.75) is 25.6 Å². The summed E-state index contributed by atoms with van der Waals surface area (Å²) in [5.74, 6) is -0.535. The summed E-state index contributed by atoms with van der Waals surface area (Å²) in [6.07, 6.45) is -3.76. The van der Waals surface area contributed by atoms with Gasteiger partial charge in [0.2, 0.25) is 11.7 Å². The predicted octanol–water partition coefficient (Wildman–Crippen LogP) is 2.71. The first-order chi connectivity index (χ1) is 11.8. The van der Waals surface area contributed by atoms with Crippen LogP contribution in [0.25, 0.3) is 10.9 Å². The number of anilines is 1. The van der Waals surface area contributed by atoms with Gasteiger partial charge in [0, 0.05) is 37.9 Å². The fourth-order valence-corrected chi connectivity index (χ4v) is 3.89. The summed E-state index contributed by atoms with van der Waals surface area (Å²) in [6, 6.07) is 6.75. The molecule has 2 aliphatic rings. The first-order valence-electron chi connectivity index (χ1n) is 8.21. The number of amides is 1. The van der Waals surface area contributed by atoms with Crippen LogP contribution in [0.5, 0.6) is 0 Å². The summed E-state index contributed by atoms with van der Waals surface area (Å²) < 4.78 is 39.7. The van der Waals surface area contributed by atoms with Crippen molar-refractivity contribution < 1.29 is 18.0 Å². The second-order valence-electron chi connectivity index (χ2n) is 6.62. The Bertz CT molecular complexity index is 838. The van der Waals surface area contributed by atoms with Crippen LogP contribution in [-0.2, 0) is 11.0 Å². The monoisotopic (exact) mass is 350 g/mol. The number of rotatable bonds is 1. The number of carbonyl (C=O) groups excluding carboxylic acids is 1. The lowest BCUT2D eigenvalue weighted by Crippen LogP contribution is -2.37. The summed E-state index contributed by atoms with van der Waals surface area (Å²) >= 11 is 0. The van der Waals surface area contributed by atoms with Gasteiger partial charge in [0.1, 0.15) is 5.82 Å². The minimum atomic E-state index is -4.60. The topological polar surface area (TPSA) is 49.3 Å². The fraction of sp³-hybridized carbons (Fsp3) is 0.471. The van der Waals surface area contributed by atoms with Crippen molar-refractivity contribution >= 4 is 22.6 Å². The first kappa shape index (κ1) is 16.1. The van der Waals surface area contributed by atoms with Crippen molar-refractivity contribution in [2.75, 3.05) is 24.5 Å². The minimum Gasteiger partial charge on any atom is -0.351 e. The van der Waals surface area contributed by atoms with Crippen molar-refractivity contribution in [1.82, 2.24) is 14.9 Å². The molecule has 1 aromatic carbocycles. The van der Waals surface area contributed by atoms with Gasteiger partial charge < -0.3 is 9.80 Å². The summed E-state index contributed by atoms with van der Waals surface area (Å²) in [6.45, 7) is 3.35. The number of fused-ring (bicyclic) bond motifs is 2. The Morgan fingerprint density at radius 2 is 1.96 bits per heavy atom. The Labute approximate surface area is 142 Å². The van der Waals surface area contributed by atoms with E-state index in [9.17, 15) is 18.0 Å². The highest BCUT2D eigenvalue weighted by Crippen LogP contribution is 2.38. The number of nitrogens with zero attached hydrogens (tertiary/aromatic N) is 4. The van der Waals surface area contributed by atoms with Crippen molar-refractivity contribution in [3.63, 3.8) is 0 Å². The molecule has 3 heterocycles. The van der Waals surface area contributed by atoms with E-state index in [1.54, 1.807) is 29.2 Å². The SMILES string of the molecule is CC(=O)N1CC2CCN(c3nc(C(F)(F)F)nc4ccccc34)C2C1. The van der Waals surface area contributed by atoms with Gasteiger partial charge in [0.15, 0.2) is 0 Å². The molecule has 1 aromatic heterocycles. The lowest BCUT2D eigenvalue weighted by molar-refractivity contribution is -0.144. The molecule has 2 saturated heterocycles. The number of halogens is 3. The van der Waals surface area contributed by atoms with Crippen LogP contribution in [0.1, 0.15) is 19.2 Å². The van der Waals surface area contributed by atoms with Gasteiger partial charge in [-0.1, -0.05) is 12.1 Å². The molecule has 0 saturated carbocycles. The quantitative estimate of drug-likeness (QED) is 0.794. The van der Waals surface area contributed by atoms with Gasteiger partial charge in [0.25, 0.3) is 0 Å². The zero-order chi connectivity index (χ0) is 17.8. The first-order valence-corrected chi connectivity index (χ1v) is 8.21. The van der Waals surface area contributed by atoms with Crippen LogP contribution in [0, 0.1) is 5.92 Å². The molecule has 0 radical (unpaired) electrons. The molecule has 2 atom stereocenters. The Kier molecular flexibility index (Phi) is 3.59. The van der Waals surface area contributed by atoms with Crippen molar-refractivity contribution in [2.24, 2.45) is 5.92 Å². The molecule has 0 N–H and O–H groups in total. The normalized spacial score (nSPS) is 23.4.